The zero-order valence-electron chi connectivity index (χ0n) is 13.2. The van der Waals surface area contributed by atoms with Crippen LogP contribution in [0.1, 0.15) is 49.4 Å². The van der Waals surface area contributed by atoms with Gasteiger partial charge in [-0.15, -0.1) is 0 Å². The number of halogens is 1. The predicted molar refractivity (Wildman–Crippen MR) is 81.0 cm³/mol. The summed E-state index contributed by atoms with van der Waals surface area (Å²) in [6, 6.07) is 2.97. The Kier molecular flexibility index (Phi) is 4.17. The molecule has 5 heteroatoms. The first-order valence-corrected chi connectivity index (χ1v) is 8.09. The largest absolute Gasteiger partial charge is 0.378 e. The van der Waals surface area contributed by atoms with Crippen LogP contribution in [-0.2, 0) is 4.74 Å². The van der Waals surface area contributed by atoms with Crippen molar-refractivity contribution in [2.75, 3.05) is 13.7 Å². The number of carbonyl (C=O) groups excluding carboxylic acids is 1. The third-order valence-corrected chi connectivity index (χ3v) is 5.41. The molecule has 0 N–H and O–H groups in total. The van der Waals surface area contributed by atoms with E-state index in [1.54, 1.807) is 11.0 Å². The molecule has 2 fully saturated rings. The molecule has 0 saturated heterocycles. The summed E-state index contributed by atoms with van der Waals surface area (Å²) < 4.78 is 19.1. The first kappa shape index (κ1) is 15.4. The number of aromatic nitrogens is 1. The molecule has 22 heavy (non-hydrogen) atoms. The fourth-order valence-corrected chi connectivity index (χ4v) is 4.27. The highest BCUT2D eigenvalue weighted by atomic mass is 19.1. The zero-order valence-corrected chi connectivity index (χ0v) is 13.2. The van der Waals surface area contributed by atoms with E-state index in [0.717, 1.165) is 19.3 Å². The van der Waals surface area contributed by atoms with Gasteiger partial charge in [-0.3, -0.25) is 4.79 Å². The number of amides is 1. The molecule has 0 bridgehead atoms. The van der Waals surface area contributed by atoms with Gasteiger partial charge in [-0.05, 0) is 32.3 Å². The van der Waals surface area contributed by atoms with Crippen LogP contribution in [0.3, 0.4) is 0 Å². The number of carbonyl (C=O) groups is 1. The van der Waals surface area contributed by atoms with Gasteiger partial charge in [0.1, 0.15) is 0 Å². The summed E-state index contributed by atoms with van der Waals surface area (Å²) in [5.41, 5.74) is 0.467. The van der Waals surface area contributed by atoms with Crippen LogP contribution in [0.15, 0.2) is 18.3 Å². The number of ether oxygens (including phenoxy) is 1. The molecule has 2 atom stereocenters. The Morgan fingerprint density at radius 1 is 1.50 bits per heavy atom. The molecule has 2 saturated carbocycles. The molecule has 0 radical (unpaired) electrons. The molecular weight excluding hydrogens is 283 g/mol. The van der Waals surface area contributed by atoms with Crippen LogP contribution in [0.25, 0.3) is 0 Å². The fraction of sp³-hybridized carbons (Fsp3) is 0.647. The molecule has 1 amide bonds. The van der Waals surface area contributed by atoms with Crippen molar-refractivity contribution in [3.63, 3.8) is 0 Å². The molecule has 2 aliphatic rings. The topological polar surface area (TPSA) is 42.4 Å². The van der Waals surface area contributed by atoms with Gasteiger partial charge in [0.2, 0.25) is 5.95 Å². The lowest BCUT2D eigenvalue weighted by atomic mass is 9.60. The van der Waals surface area contributed by atoms with E-state index in [-0.39, 0.29) is 23.5 Å². The van der Waals surface area contributed by atoms with Gasteiger partial charge in [0.15, 0.2) is 0 Å². The molecule has 120 valence electrons. The summed E-state index contributed by atoms with van der Waals surface area (Å²) in [5, 5.41) is 0. The Hall–Kier alpha value is -1.49. The van der Waals surface area contributed by atoms with Crippen molar-refractivity contribution in [1.29, 1.82) is 0 Å². The highest BCUT2D eigenvalue weighted by Gasteiger charge is 2.58. The molecule has 0 aliphatic heterocycles. The van der Waals surface area contributed by atoms with Crippen molar-refractivity contribution in [1.82, 2.24) is 9.88 Å². The number of rotatable bonds is 4. The number of nitrogens with zero attached hydrogens (tertiary/aromatic N) is 2. The van der Waals surface area contributed by atoms with Gasteiger partial charge < -0.3 is 9.64 Å². The summed E-state index contributed by atoms with van der Waals surface area (Å²) in [7, 11) is 1.83. The van der Waals surface area contributed by atoms with Gasteiger partial charge in [-0.25, -0.2) is 4.98 Å². The van der Waals surface area contributed by atoms with Gasteiger partial charge in [-0.2, -0.15) is 4.39 Å². The lowest BCUT2D eigenvalue weighted by Crippen LogP contribution is -2.64. The van der Waals surface area contributed by atoms with Gasteiger partial charge in [0.25, 0.3) is 5.91 Å². The molecule has 1 heterocycles. The summed E-state index contributed by atoms with van der Waals surface area (Å²) in [5.74, 6) is -0.747. The lowest BCUT2D eigenvalue weighted by molar-refractivity contribution is -0.152. The second-order valence-electron chi connectivity index (χ2n) is 6.42. The van der Waals surface area contributed by atoms with Gasteiger partial charge in [0.05, 0.1) is 6.10 Å². The normalized spacial score (nSPS) is 26.0. The van der Waals surface area contributed by atoms with Gasteiger partial charge in [-0.1, -0.05) is 12.8 Å². The molecule has 0 unspecified atom stereocenters. The van der Waals surface area contributed by atoms with E-state index in [2.05, 4.69) is 4.98 Å². The van der Waals surface area contributed by atoms with E-state index >= 15 is 0 Å². The van der Waals surface area contributed by atoms with Crippen molar-refractivity contribution >= 4 is 5.91 Å². The summed E-state index contributed by atoms with van der Waals surface area (Å²) in [6.07, 6.45) is 7.11. The number of pyridine rings is 1. The molecule has 1 aromatic heterocycles. The minimum atomic E-state index is -0.615. The van der Waals surface area contributed by atoms with E-state index in [4.69, 9.17) is 4.74 Å². The molecular formula is C17H23FN2O2. The highest BCUT2D eigenvalue weighted by molar-refractivity contribution is 5.94. The Morgan fingerprint density at radius 2 is 2.23 bits per heavy atom. The van der Waals surface area contributed by atoms with E-state index in [9.17, 15) is 9.18 Å². The third-order valence-electron chi connectivity index (χ3n) is 5.41. The monoisotopic (exact) mass is 306 g/mol. The third kappa shape index (κ3) is 2.41. The maximum absolute atomic E-state index is 13.2. The van der Waals surface area contributed by atoms with Crippen LogP contribution < -0.4 is 0 Å². The smallest absolute Gasteiger partial charge is 0.254 e. The van der Waals surface area contributed by atoms with Crippen molar-refractivity contribution in [2.24, 2.45) is 5.41 Å². The van der Waals surface area contributed by atoms with Crippen molar-refractivity contribution in [3.8, 4) is 0 Å². The minimum absolute atomic E-state index is 0.103. The quantitative estimate of drug-likeness (QED) is 0.803. The molecule has 0 aromatic carbocycles. The molecule has 4 nitrogen and oxygen atoms in total. The first-order chi connectivity index (χ1) is 10.6. The minimum Gasteiger partial charge on any atom is -0.378 e. The molecule has 1 aromatic rings. The van der Waals surface area contributed by atoms with E-state index in [1.807, 2.05) is 14.0 Å². The van der Waals surface area contributed by atoms with Crippen LogP contribution in [0.4, 0.5) is 4.39 Å². The van der Waals surface area contributed by atoms with E-state index < -0.39 is 5.95 Å². The molecule has 2 aliphatic carbocycles. The summed E-state index contributed by atoms with van der Waals surface area (Å²) in [6.45, 7) is 2.73. The fourth-order valence-electron chi connectivity index (χ4n) is 4.27. The van der Waals surface area contributed by atoms with Crippen LogP contribution in [0, 0.1) is 11.4 Å². The standard InChI is InChI=1S/C17H23FN2O2/c1-3-22-14-11-13(17(14)7-4-5-8-17)20(2)16(21)12-6-9-19-15(18)10-12/h6,9-10,13-14H,3-5,7-8,11H2,1-2H3/t13-,14-/m1/s1. The second kappa shape index (κ2) is 5.95. The zero-order chi connectivity index (χ0) is 15.7. The summed E-state index contributed by atoms with van der Waals surface area (Å²) in [4.78, 5) is 17.9. The van der Waals surface area contributed by atoms with Crippen LogP contribution in [-0.4, -0.2) is 41.6 Å². The number of hydrogen-bond acceptors (Lipinski definition) is 3. The highest BCUT2D eigenvalue weighted by Crippen LogP contribution is 2.56. The van der Waals surface area contributed by atoms with E-state index in [0.29, 0.717) is 12.2 Å². The van der Waals surface area contributed by atoms with E-state index in [1.165, 1.54) is 25.1 Å². The maximum Gasteiger partial charge on any atom is 0.254 e. The molecule has 3 rings (SSSR count). The second-order valence-corrected chi connectivity index (χ2v) is 6.42. The van der Waals surface area contributed by atoms with Crippen LogP contribution >= 0.6 is 0 Å². The summed E-state index contributed by atoms with van der Waals surface area (Å²) >= 11 is 0. The Morgan fingerprint density at radius 3 is 2.86 bits per heavy atom. The van der Waals surface area contributed by atoms with Gasteiger partial charge in [0, 0.05) is 42.9 Å². The van der Waals surface area contributed by atoms with Crippen LogP contribution in [0.5, 0.6) is 0 Å². The lowest BCUT2D eigenvalue weighted by Gasteiger charge is -2.57. The molecule has 1 spiro atoms. The maximum atomic E-state index is 13.2. The van der Waals surface area contributed by atoms with Crippen LogP contribution in [0.2, 0.25) is 0 Å². The number of hydrogen-bond donors (Lipinski definition) is 0. The average molecular weight is 306 g/mol. The Balaban J connectivity index is 1.77. The van der Waals surface area contributed by atoms with Crippen molar-refractivity contribution in [2.45, 2.75) is 51.2 Å². The Labute approximate surface area is 130 Å². The average Bonchev–Trinajstić information content (AvgIpc) is 3.02. The SMILES string of the molecule is CCO[C@@H]1C[C@@H](N(C)C(=O)c2ccnc(F)c2)C12CCCC2. The first-order valence-electron chi connectivity index (χ1n) is 8.09. The van der Waals surface area contributed by atoms with Crippen molar-refractivity contribution < 1.29 is 13.9 Å². The van der Waals surface area contributed by atoms with Crippen molar-refractivity contribution in [3.05, 3.63) is 29.8 Å². The predicted octanol–water partition coefficient (Wildman–Crippen LogP) is 3.03. The van der Waals surface area contributed by atoms with Gasteiger partial charge >= 0.3 is 0 Å². The Bertz CT molecular complexity index is 557.